The second-order valence-corrected chi connectivity index (χ2v) is 7.73. The van der Waals surface area contributed by atoms with Crippen molar-refractivity contribution in [2.75, 3.05) is 11.5 Å². The number of benzene rings is 1. The molecule has 1 aromatic carbocycles. The molecule has 1 unspecified atom stereocenters. The lowest BCUT2D eigenvalue weighted by Crippen LogP contribution is -2.24. The molecule has 0 radical (unpaired) electrons. The van der Waals surface area contributed by atoms with E-state index in [0.717, 1.165) is 12.0 Å². The van der Waals surface area contributed by atoms with E-state index in [4.69, 9.17) is 5.73 Å². The number of sulfone groups is 1. The summed E-state index contributed by atoms with van der Waals surface area (Å²) in [5.41, 5.74) is 8.13. The third kappa shape index (κ3) is 5.74. The number of aryl methyl sites for hydroxylation is 1. The van der Waals surface area contributed by atoms with Crippen molar-refractivity contribution in [3.05, 3.63) is 35.4 Å². The second kappa shape index (κ2) is 7.06. The monoisotopic (exact) mass is 283 g/mol. The molecule has 0 aliphatic heterocycles. The molecule has 0 heterocycles. The van der Waals surface area contributed by atoms with Crippen molar-refractivity contribution in [3.63, 3.8) is 0 Å². The van der Waals surface area contributed by atoms with E-state index in [1.807, 2.05) is 38.1 Å². The summed E-state index contributed by atoms with van der Waals surface area (Å²) in [4.78, 5) is 0. The number of nitrogens with two attached hydrogens (primary N) is 1. The molecule has 1 rings (SSSR count). The minimum absolute atomic E-state index is 0.0329. The lowest BCUT2D eigenvalue weighted by molar-refractivity contribution is 0.568. The van der Waals surface area contributed by atoms with Gasteiger partial charge in [-0.3, -0.25) is 0 Å². The number of rotatable bonds is 7. The molecule has 1 aromatic rings. The van der Waals surface area contributed by atoms with Gasteiger partial charge in [-0.15, -0.1) is 0 Å². The average molecular weight is 283 g/mol. The number of hydrogen-bond acceptors (Lipinski definition) is 3. The Balaban J connectivity index is 2.64. The molecule has 0 saturated heterocycles. The lowest BCUT2D eigenvalue weighted by atomic mass is 10.1. The van der Waals surface area contributed by atoms with Crippen LogP contribution in [0.25, 0.3) is 0 Å². The van der Waals surface area contributed by atoms with Gasteiger partial charge in [0, 0.05) is 6.04 Å². The van der Waals surface area contributed by atoms with Gasteiger partial charge in [-0.1, -0.05) is 45.0 Å². The summed E-state index contributed by atoms with van der Waals surface area (Å²) in [6.07, 6.45) is 1.67. The molecule has 0 saturated carbocycles. The summed E-state index contributed by atoms with van der Waals surface area (Å²) >= 11 is 0. The first-order chi connectivity index (χ1) is 8.84. The van der Waals surface area contributed by atoms with Gasteiger partial charge in [-0.2, -0.15) is 0 Å². The van der Waals surface area contributed by atoms with Crippen LogP contribution in [0.2, 0.25) is 0 Å². The van der Waals surface area contributed by atoms with Gasteiger partial charge in [0.2, 0.25) is 0 Å². The van der Waals surface area contributed by atoms with Gasteiger partial charge in [0.25, 0.3) is 0 Å². The molecule has 0 aliphatic carbocycles. The molecule has 0 fully saturated rings. The summed E-state index contributed by atoms with van der Waals surface area (Å²) in [5, 5.41) is 0. The van der Waals surface area contributed by atoms with E-state index in [0.29, 0.717) is 12.3 Å². The van der Waals surface area contributed by atoms with Crippen molar-refractivity contribution in [2.45, 2.75) is 39.7 Å². The predicted octanol–water partition coefficient (Wildman–Crippen LogP) is 2.71. The Kier molecular flexibility index (Phi) is 6.01. The molecule has 0 spiro atoms. The molecule has 3 nitrogen and oxygen atoms in total. The van der Waals surface area contributed by atoms with Crippen molar-refractivity contribution in [1.29, 1.82) is 0 Å². The van der Waals surface area contributed by atoms with Crippen LogP contribution >= 0.6 is 0 Å². The maximum Gasteiger partial charge on any atom is 0.152 e. The van der Waals surface area contributed by atoms with Gasteiger partial charge in [0.05, 0.1) is 11.5 Å². The third-order valence-corrected chi connectivity index (χ3v) is 4.98. The van der Waals surface area contributed by atoms with Crippen LogP contribution in [0.4, 0.5) is 0 Å². The highest BCUT2D eigenvalue weighted by Gasteiger charge is 2.18. The second-order valence-electron chi connectivity index (χ2n) is 5.50. The summed E-state index contributed by atoms with van der Waals surface area (Å²) in [6, 6.07) is 7.46. The van der Waals surface area contributed by atoms with E-state index in [9.17, 15) is 8.42 Å². The van der Waals surface area contributed by atoms with E-state index in [1.54, 1.807) is 0 Å². The molecule has 4 heteroatoms. The van der Waals surface area contributed by atoms with Crippen molar-refractivity contribution in [2.24, 2.45) is 11.7 Å². The van der Waals surface area contributed by atoms with Gasteiger partial charge in [0.15, 0.2) is 9.84 Å². The van der Waals surface area contributed by atoms with Crippen LogP contribution in [0.15, 0.2) is 24.3 Å². The van der Waals surface area contributed by atoms with Crippen LogP contribution in [-0.4, -0.2) is 19.9 Å². The van der Waals surface area contributed by atoms with Crippen molar-refractivity contribution in [1.82, 2.24) is 0 Å². The Bertz CT molecular complexity index is 477. The van der Waals surface area contributed by atoms with Crippen LogP contribution in [0, 0.1) is 5.92 Å². The maximum absolute atomic E-state index is 12.0. The lowest BCUT2D eigenvalue weighted by Gasteiger charge is -2.13. The molecule has 0 bridgehead atoms. The van der Waals surface area contributed by atoms with Crippen molar-refractivity contribution in [3.8, 4) is 0 Å². The van der Waals surface area contributed by atoms with Gasteiger partial charge >= 0.3 is 0 Å². The predicted molar refractivity (Wildman–Crippen MR) is 80.9 cm³/mol. The maximum atomic E-state index is 12.0. The summed E-state index contributed by atoms with van der Waals surface area (Å²) in [6.45, 7) is 6.14. The quantitative estimate of drug-likeness (QED) is 0.837. The fraction of sp³-hybridized carbons (Fsp3) is 0.600. The standard InChI is InChI=1S/C15H25NO2S/c1-4-13-5-7-14(8-6-13)15(16)11-19(17,18)10-9-12(2)3/h5-8,12,15H,4,9-11,16H2,1-3H3. The van der Waals surface area contributed by atoms with E-state index in [-0.39, 0.29) is 11.5 Å². The zero-order chi connectivity index (χ0) is 14.5. The van der Waals surface area contributed by atoms with Crippen LogP contribution in [0.5, 0.6) is 0 Å². The minimum Gasteiger partial charge on any atom is -0.323 e. The molecule has 2 N–H and O–H groups in total. The Morgan fingerprint density at radius 3 is 2.21 bits per heavy atom. The largest absolute Gasteiger partial charge is 0.323 e. The fourth-order valence-corrected chi connectivity index (χ4v) is 3.61. The summed E-state index contributed by atoms with van der Waals surface area (Å²) in [5.74, 6) is 0.659. The topological polar surface area (TPSA) is 60.2 Å². The third-order valence-electron chi connectivity index (χ3n) is 3.26. The Hall–Kier alpha value is -0.870. The highest BCUT2D eigenvalue weighted by Crippen LogP contribution is 2.15. The van der Waals surface area contributed by atoms with Crippen molar-refractivity contribution >= 4 is 9.84 Å². The molecular formula is C15H25NO2S. The minimum atomic E-state index is -3.06. The first-order valence-electron chi connectivity index (χ1n) is 6.89. The zero-order valence-electron chi connectivity index (χ0n) is 12.1. The average Bonchev–Trinajstić information content (AvgIpc) is 2.36. The molecule has 19 heavy (non-hydrogen) atoms. The van der Waals surface area contributed by atoms with Crippen molar-refractivity contribution < 1.29 is 8.42 Å². The van der Waals surface area contributed by atoms with Crippen LogP contribution in [-0.2, 0) is 16.3 Å². The van der Waals surface area contributed by atoms with Crippen LogP contribution in [0.3, 0.4) is 0 Å². The Labute approximate surface area is 117 Å². The SMILES string of the molecule is CCc1ccc(C(N)CS(=O)(=O)CCC(C)C)cc1. The van der Waals surface area contributed by atoms with E-state index >= 15 is 0 Å². The van der Waals surface area contributed by atoms with Gasteiger partial charge in [-0.05, 0) is 29.9 Å². The fourth-order valence-electron chi connectivity index (χ4n) is 1.87. The molecule has 0 aliphatic rings. The smallest absolute Gasteiger partial charge is 0.152 e. The summed E-state index contributed by atoms with van der Waals surface area (Å²) < 4.78 is 23.9. The first-order valence-corrected chi connectivity index (χ1v) is 8.71. The molecule has 0 amide bonds. The molecular weight excluding hydrogens is 258 g/mol. The highest BCUT2D eigenvalue weighted by molar-refractivity contribution is 7.91. The Morgan fingerprint density at radius 2 is 1.74 bits per heavy atom. The normalized spacial score (nSPS) is 13.7. The van der Waals surface area contributed by atoms with Gasteiger partial charge < -0.3 is 5.73 Å². The molecule has 0 aromatic heterocycles. The van der Waals surface area contributed by atoms with E-state index in [2.05, 4.69) is 6.92 Å². The van der Waals surface area contributed by atoms with Gasteiger partial charge in [0.1, 0.15) is 0 Å². The number of hydrogen-bond donors (Lipinski definition) is 1. The molecule has 1 atom stereocenters. The zero-order valence-corrected chi connectivity index (χ0v) is 12.9. The molecule has 108 valence electrons. The van der Waals surface area contributed by atoms with Crippen LogP contribution in [0.1, 0.15) is 44.4 Å². The highest BCUT2D eigenvalue weighted by atomic mass is 32.2. The first kappa shape index (κ1) is 16.2. The Morgan fingerprint density at radius 1 is 1.16 bits per heavy atom. The van der Waals surface area contributed by atoms with E-state index < -0.39 is 15.9 Å². The summed E-state index contributed by atoms with van der Waals surface area (Å²) in [7, 11) is -3.06. The van der Waals surface area contributed by atoms with Crippen LogP contribution < -0.4 is 5.73 Å². The van der Waals surface area contributed by atoms with E-state index in [1.165, 1.54) is 5.56 Å². The van der Waals surface area contributed by atoms with Gasteiger partial charge in [-0.25, -0.2) is 8.42 Å².